The first-order valence-corrected chi connectivity index (χ1v) is 14.2. The molecule has 0 bridgehead atoms. The van der Waals surface area contributed by atoms with Gasteiger partial charge in [-0.2, -0.15) is 13.2 Å². The molecule has 2 heterocycles. The van der Waals surface area contributed by atoms with Gasteiger partial charge in [0.2, 0.25) is 0 Å². The summed E-state index contributed by atoms with van der Waals surface area (Å²) in [6.45, 7) is 3.19. The second kappa shape index (κ2) is 13.3. The molecule has 1 aromatic heterocycles. The van der Waals surface area contributed by atoms with Crippen molar-refractivity contribution in [1.82, 2.24) is 9.88 Å². The molecule has 6 nitrogen and oxygen atoms in total. The molecule has 1 N–H and O–H groups in total. The van der Waals surface area contributed by atoms with Gasteiger partial charge in [-0.3, -0.25) is 4.90 Å². The maximum Gasteiger partial charge on any atom is 0.416 e. The number of carboxylic acid groups (broad SMARTS) is 1. The molecule has 1 saturated heterocycles. The van der Waals surface area contributed by atoms with Crippen LogP contribution in [0.3, 0.4) is 0 Å². The summed E-state index contributed by atoms with van der Waals surface area (Å²) in [4.78, 5) is 19.7. The summed E-state index contributed by atoms with van der Waals surface area (Å²) >= 11 is 1.54. The zero-order valence-corrected chi connectivity index (χ0v) is 23.4. The van der Waals surface area contributed by atoms with Gasteiger partial charge in [0.25, 0.3) is 0 Å². The van der Waals surface area contributed by atoms with E-state index in [1.54, 1.807) is 11.8 Å². The van der Waals surface area contributed by atoms with Crippen molar-refractivity contribution in [3.8, 4) is 29.4 Å². The number of rotatable bonds is 6. The van der Waals surface area contributed by atoms with E-state index in [4.69, 9.17) is 14.6 Å². The number of aliphatic carboxylic acids is 1. The number of alkyl halides is 3. The Balaban J connectivity index is 1.42. The number of benzene rings is 2. The Kier molecular flexibility index (Phi) is 9.38. The average molecular weight is 593 g/mol. The molecule has 1 aliphatic heterocycles. The normalized spacial score (nSPS) is 14.7. The second-order valence-corrected chi connectivity index (χ2v) is 10.9. The minimum atomic E-state index is -4.41. The van der Waals surface area contributed by atoms with Crippen LogP contribution in [0.25, 0.3) is 0 Å². The van der Waals surface area contributed by atoms with E-state index < -0.39 is 24.3 Å². The van der Waals surface area contributed by atoms with Crippen molar-refractivity contribution in [3.05, 3.63) is 82.2 Å². The van der Waals surface area contributed by atoms with E-state index in [0.29, 0.717) is 42.5 Å². The highest BCUT2D eigenvalue weighted by Gasteiger charge is 2.29. The van der Waals surface area contributed by atoms with E-state index in [-0.39, 0.29) is 0 Å². The lowest BCUT2D eigenvalue weighted by molar-refractivity contribution is -0.139. The van der Waals surface area contributed by atoms with Gasteiger partial charge in [-0.05, 0) is 90.8 Å². The molecule has 0 spiro atoms. The summed E-state index contributed by atoms with van der Waals surface area (Å²) in [5.41, 5.74) is 2.88. The number of pyridine rings is 1. The number of morpholine rings is 1. The summed E-state index contributed by atoms with van der Waals surface area (Å²) in [7, 11) is 0. The van der Waals surface area contributed by atoms with Gasteiger partial charge in [-0.1, -0.05) is 23.6 Å². The van der Waals surface area contributed by atoms with E-state index in [2.05, 4.69) is 33.6 Å². The molecule has 0 radical (unpaired) electrons. The van der Waals surface area contributed by atoms with Crippen LogP contribution in [0, 0.1) is 23.7 Å². The zero-order valence-electron chi connectivity index (χ0n) is 22.6. The first kappa shape index (κ1) is 29.5. The molecule has 2 aliphatic rings. The highest BCUT2D eigenvalue weighted by molar-refractivity contribution is 7.99. The number of carbonyl (C=O) groups is 1. The fraction of sp³-hybridized carbons (Fsp3) is 0.312. The smallest absolute Gasteiger partial charge is 0.416 e. The van der Waals surface area contributed by atoms with Crippen molar-refractivity contribution >= 4 is 17.7 Å². The summed E-state index contributed by atoms with van der Waals surface area (Å²) < 4.78 is 49.7. The molecular formula is C32H27F3N2O4S. The number of aromatic nitrogens is 1. The van der Waals surface area contributed by atoms with Gasteiger partial charge in [0.05, 0.1) is 25.3 Å². The lowest BCUT2D eigenvalue weighted by Gasteiger charge is -2.24. The fourth-order valence-electron chi connectivity index (χ4n) is 4.71. The van der Waals surface area contributed by atoms with Gasteiger partial charge >= 0.3 is 12.1 Å². The summed E-state index contributed by atoms with van der Waals surface area (Å²) in [5.74, 6) is 11.8. The van der Waals surface area contributed by atoms with Gasteiger partial charge < -0.3 is 14.6 Å². The van der Waals surface area contributed by atoms with Gasteiger partial charge in [-0.15, -0.1) is 0 Å². The van der Waals surface area contributed by atoms with Crippen LogP contribution in [0.4, 0.5) is 13.2 Å². The lowest BCUT2D eigenvalue weighted by Crippen LogP contribution is -2.36. The van der Waals surface area contributed by atoms with Crippen LogP contribution < -0.4 is 4.74 Å². The average Bonchev–Trinajstić information content (AvgIpc) is 3.47. The maximum absolute atomic E-state index is 12.9. The standard InChI is InChI=1S/C32H27F3N2O4S/c33-32(34,35)23-9-6-22(7-10-23)8-11-25-20-26(19-24(36-25)3-2-14-37-15-17-40-18-16-37)42-30-13-12-29(41-21-31(38)39)27-4-1-5-28(27)30/h6-7,9-10,12-13,19-20H,1,4-5,14-18,21H2,(H,38,39). The Morgan fingerprint density at radius 1 is 1.00 bits per heavy atom. The van der Waals surface area contributed by atoms with E-state index in [0.717, 1.165) is 65.4 Å². The summed E-state index contributed by atoms with van der Waals surface area (Å²) in [6, 6.07) is 12.2. The quantitative estimate of drug-likeness (QED) is 0.390. The monoisotopic (exact) mass is 592 g/mol. The van der Waals surface area contributed by atoms with Crippen LogP contribution in [-0.4, -0.2) is 60.4 Å². The predicted octanol–water partition coefficient (Wildman–Crippen LogP) is 5.29. The molecular weight excluding hydrogens is 565 g/mol. The third kappa shape index (κ3) is 7.86. The minimum absolute atomic E-state index is 0.392. The second-order valence-electron chi connectivity index (χ2n) is 9.75. The Labute approximate surface area is 246 Å². The highest BCUT2D eigenvalue weighted by Crippen LogP contribution is 2.40. The van der Waals surface area contributed by atoms with Crippen LogP contribution in [0.1, 0.15) is 40.1 Å². The van der Waals surface area contributed by atoms with Gasteiger partial charge in [0, 0.05) is 28.4 Å². The number of hydrogen-bond donors (Lipinski definition) is 1. The summed E-state index contributed by atoms with van der Waals surface area (Å²) in [5, 5.41) is 9.01. The summed E-state index contributed by atoms with van der Waals surface area (Å²) in [6.07, 6.45) is -1.78. The number of fused-ring (bicyclic) bond motifs is 1. The highest BCUT2D eigenvalue weighted by atomic mass is 32.2. The SMILES string of the molecule is O=C(O)COc1ccc(Sc2cc(C#CCN3CCOCC3)nc(C#Cc3ccc(C(F)(F)F)cc3)c2)c2c1CCC2. The third-order valence-electron chi connectivity index (χ3n) is 6.75. The van der Waals surface area contributed by atoms with E-state index in [1.165, 1.54) is 12.1 Å². The molecule has 3 aromatic rings. The van der Waals surface area contributed by atoms with Gasteiger partial charge in [0.1, 0.15) is 17.1 Å². The molecule has 1 aliphatic carbocycles. The van der Waals surface area contributed by atoms with Crippen LogP contribution in [0.15, 0.2) is 58.3 Å². The van der Waals surface area contributed by atoms with Crippen molar-refractivity contribution in [2.24, 2.45) is 0 Å². The Bertz CT molecular complexity index is 1580. The number of halogens is 3. The lowest BCUT2D eigenvalue weighted by atomic mass is 10.1. The molecule has 1 fully saturated rings. The number of nitrogens with zero attached hydrogens (tertiary/aromatic N) is 2. The first-order chi connectivity index (χ1) is 20.2. The van der Waals surface area contributed by atoms with Crippen molar-refractivity contribution < 1.29 is 32.5 Å². The zero-order chi connectivity index (χ0) is 29.5. The molecule has 0 saturated carbocycles. The largest absolute Gasteiger partial charge is 0.482 e. The fourth-order valence-corrected chi connectivity index (χ4v) is 5.79. The molecule has 216 valence electrons. The van der Waals surface area contributed by atoms with Crippen molar-refractivity contribution in [1.29, 1.82) is 0 Å². The third-order valence-corrected chi connectivity index (χ3v) is 7.82. The van der Waals surface area contributed by atoms with Crippen molar-refractivity contribution in [2.75, 3.05) is 39.5 Å². The van der Waals surface area contributed by atoms with Crippen molar-refractivity contribution in [3.63, 3.8) is 0 Å². The first-order valence-electron chi connectivity index (χ1n) is 13.4. The molecule has 10 heteroatoms. The topological polar surface area (TPSA) is 71.9 Å². The molecule has 0 amide bonds. The van der Waals surface area contributed by atoms with Crippen LogP contribution in [0.5, 0.6) is 5.75 Å². The van der Waals surface area contributed by atoms with E-state index in [9.17, 15) is 18.0 Å². The van der Waals surface area contributed by atoms with Crippen molar-refractivity contribution in [2.45, 2.75) is 35.2 Å². The molecule has 42 heavy (non-hydrogen) atoms. The van der Waals surface area contributed by atoms with Gasteiger partial charge in [0.15, 0.2) is 6.61 Å². The molecule has 0 atom stereocenters. The molecule has 5 rings (SSSR count). The molecule has 2 aromatic carbocycles. The van der Waals surface area contributed by atoms with Crippen LogP contribution in [0.2, 0.25) is 0 Å². The number of carboxylic acids is 1. The van der Waals surface area contributed by atoms with Gasteiger partial charge in [-0.25, -0.2) is 9.78 Å². The predicted molar refractivity (Wildman–Crippen MR) is 152 cm³/mol. The van der Waals surface area contributed by atoms with E-state index in [1.807, 2.05) is 24.3 Å². The number of ether oxygens (including phenoxy) is 2. The minimum Gasteiger partial charge on any atom is -0.482 e. The number of hydrogen-bond acceptors (Lipinski definition) is 6. The Morgan fingerprint density at radius 3 is 2.43 bits per heavy atom. The van der Waals surface area contributed by atoms with Crippen LogP contribution >= 0.6 is 11.8 Å². The Hall–Kier alpha value is -3.96. The Morgan fingerprint density at radius 2 is 1.71 bits per heavy atom. The van der Waals surface area contributed by atoms with E-state index >= 15 is 0 Å². The maximum atomic E-state index is 12.9. The molecule has 0 unspecified atom stereocenters. The van der Waals surface area contributed by atoms with Crippen LogP contribution in [-0.2, 0) is 28.5 Å².